The average Bonchev–Trinajstić information content (AvgIpc) is 2.75. The predicted octanol–water partition coefficient (Wildman–Crippen LogP) is 3.30. The zero-order valence-corrected chi connectivity index (χ0v) is 11.6. The molecular formula is C13H15ClF3N3. The van der Waals surface area contributed by atoms with E-state index in [1.165, 1.54) is 12.4 Å². The van der Waals surface area contributed by atoms with Gasteiger partial charge in [0.1, 0.15) is 6.54 Å². The molecule has 0 fully saturated rings. The monoisotopic (exact) mass is 305 g/mol. The number of hydrogen-bond donors (Lipinski definition) is 1. The summed E-state index contributed by atoms with van der Waals surface area (Å²) in [6.07, 6.45) is -1.43. The van der Waals surface area contributed by atoms with Crippen LogP contribution in [0.25, 0.3) is 11.1 Å². The summed E-state index contributed by atoms with van der Waals surface area (Å²) in [6.45, 7) is 1.22. The van der Waals surface area contributed by atoms with Crippen molar-refractivity contribution in [3.8, 4) is 11.1 Å². The highest BCUT2D eigenvalue weighted by atomic mass is 35.5. The number of rotatable bonds is 3. The Balaban J connectivity index is 0.00000200. The molecule has 2 aromatic rings. The van der Waals surface area contributed by atoms with Crippen LogP contribution in [0, 0.1) is 6.92 Å². The molecule has 0 aliphatic carbocycles. The fraction of sp³-hybridized carbons (Fsp3) is 0.308. The van der Waals surface area contributed by atoms with E-state index in [4.69, 9.17) is 5.73 Å². The van der Waals surface area contributed by atoms with Crippen LogP contribution in [0.4, 0.5) is 13.2 Å². The lowest BCUT2D eigenvalue weighted by Crippen LogP contribution is -2.17. The second kappa shape index (κ2) is 6.28. The summed E-state index contributed by atoms with van der Waals surface area (Å²) in [6, 6.07) is 5.59. The number of aromatic nitrogens is 2. The molecule has 3 nitrogen and oxygen atoms in total. The summed E-state index contributed by atoms with van der Waals surface area (Å²) in [5.41, 5.74) is 9.08. The molecule has 7 heteroatoms. The Morgan fingerprint density at radius 2 is 2.00 bits per heavy atom. The van der Waals surface area contributed by atoms with Crippen LogP contribution < -0.4 is 5.73 Å². The van der Waals surface area contributed by atoms with E-state index in [1.807, 2.05) is 25.1 Å². The van der Waals surface area contributed by atoms with Gasteiger partial charge in [0.2, 0.25) is 0 Å². The third-order valence-corrected chi connectivity index (χ3v) is 2.95. The number of alkyl halides is 3. The van der Waals surface area contributed by atoms with Crippen molar-refractivity contribution in [3.05, 3.63) is 41.7 Å². The Morgan fingerprint density at radius 3 is 2.60 bits per heavy atom. The average molecular weight is 306 g/mol. The van der Waals surface area contributed by atoms with Crippen LogP contribution in [0.3, 0.4) is 0 Å². The van der Waals surface area contributed by atoms with Gasteiger partial charge in [0.05, 0.1) is 6.20 Å². The van der Waals surface area contributed by atoms with Crippen molar-refractivity contribution >= 4 is 12.4 Å². The van der Waals surface area contributed by atoms with Gasteiger partial charge in [-0.2, -0.15) is 18.3 Å². The Labute approximate surface area is 121 Å². The highest BCUT2D eigenvalue weighted by Gasteiger charge is 2.28. The first-order chi connectivity index (χ1) is 8.90. The van der Waals surface area contributed by atoms with Gasteiger partial charge in [0.25, 0.3) is 0 Å². The Kier molecular flexibility index (Phi) is 5.19. The molecule has 0 aliphatic heterocycles. The van der Waals surface area contributed by atoms with E-state index < -0.39 is 12.7 Å². The third kappa shape index (κ3) is 3.74. The highest BCUT2D eigenvalue weighted by molar-refractivity contribution is 5.85. The van der Waals surface area contributed by atoms with E-state index in [1.54, 1.807) is 0 Å². The summed E-state index contributed by atoms with van der Waals surface area (Å²) in [4.78, 5) is 0. The fourth-order valence-corrected chi connectivity index (χ4v) is 1.99. The second-order valence-electron chi connectivity index (χ2n) is 4.34. The van der Waals surface area contributed by atoms with Gasteiger partial charge >= 0.3 is 6.18 Å². The van der Waals surface area contributed by atoms with Gasteiger partial charge in [-0.05, 0) is 23.6 Å². The molecular weight excluding hydrogens is 291 g/mol. The van der Waals surface area contributed by atoms with Gasteiger partial charge < -0.3 is 5.73 Å². The maximum absolute atomic E-state index is 12.3. The molecule has 0 unspecified atom stereocenters. The molecule has 110 valence electrons. The van der Waals surface area contributed by atoms with E-state index in [-0.39, 0.29) is 12.4 Å². The molecule has 0 saturated heterocycles. The van der Waals surface area contributed by atoms with Crippen molar-refractivity contribution in [2.24, 2.45) is 5.73 Å². The first-order valence-electron chi connectivity index (χ1n) is 5.79. The lowest BCUT2D eigenvalue weighted by Gasteiger charge is -2.08. The van der Waals surface area contributed by atoms with Gasteiger partial charge in [0, 0.05) is 18.3 Å². The molecule has 0 atom stereocenters. The van der Waals surface area contributed by atoms with Crippen molar-refractivity contribution < 1.29 is 13.2 Å². The quantitative estimate of drug-likeness (QED) is 0.945. The minimum Gasteiger partial charge on any atom is -0.326 e. The summed E-state index contributed by atoms with van der Waals surface area (Å²) in [5.74, 6) is 0. The normalized spacial score (nSPS) is 11.2. The van der Waals surface area contributed by atoms with E-state index in [0.29, 0.717) is 12.1 Å². The van der Waals surface area contributed by atoms with Crippen molar-refractivity contribution in [1.82, 2.24) is 9.78 Å². The molecule has 2 N–H and O–H groups in total. The Hall–Kier alpha value is -1.53. The van der Waals surface area contributed by atoms with Crippen molar-refractivity contribution in [2.75, 3.05) is 0 Å². The molecule has 1 heterocycles. The van der Waals surface area contributed by atoms with Crippen LogP contribution in [-0.4, -0.2) is 16.0 Å². The summed E-state index contributed by atoms with van der Waals surface area (Å²) in [7, 11) is 0. The van der Waals surface area contributed by atoms with Crippen LogP contribution in [0.15, 0.2) is 30.6 Å². The zero-order chi connectivity index (χ0) is 14.0. The summed E-state index contributed by atoms with van der Waals surface area (Å²) >= 11 is 0. The van der Waals surface area contributed by atoms with Crippen molar-refractivity contribution in [2.45, 2.75) is 26.2 Å². The predicted molar refractivity (Wildman–Crippen MR) is 73.6 cm³/mol. The topological polar surface area (TPSA) is 43.8 Å². The van der Waals surface area contributed by atoms with E-state index in [0.717, 1.165) is 21.4 Å². The van der Waals surface area contributed by atoms with Crippen LogP contribution in [0.1, 0.15) is 11.1 Å². The maximum Gasteiger partial charge on any atom is 0.408 e. The molecule has 0 amide bonds. The molecule has 2 rings (SSSR count). The highest BCUT2D eigenvalue weighted by Crippen LogP contribution is 2.26. The van der Waals surface area contributed by atoms with Crippen LogP contribution in [-0.2, 0) is 13.1 Å². The molecule has 1 aromatic heterocycles. The van der Waals surface area contributed by atoms with Gasteiger partial charge in [-0.3, -0.25) is 4.68 Å². The van der Waals surface area contributed by atoms with E-state index in [2.05, 4.69) is 5.10 Å². The number of nitrogens with zero attached hydrogens (tertiary/aromatic N) is 2. The van der Waals surface area contributed by atoms with Gasteiger partial charge in [-0.25, -0.2) is 0 Å². The Bertz CT molecular complexity index is 578. The SMILES string of the molecule is Cc1c(CN)cccc1-c1cnn(CC(F)(F)F)c1.Cl. The summed E-state index contributed by atoms with van der Waals surface area (Å²) < 4.78 is 37.7. The molecule has 1 aromatic carbocycles. The molecule has 20 heavy (non-hydrogen) atoms. The standard InChI is InChI=1S/C13H14F3N3.ClH/c1-9-10(5-17)3-2-4-12(9)11-6-18-19(7-11)8-13(14,15)16;/h2-4,6-7H,5,8,17H2,1H3;1H. The molecule has 0 aliphatic rings. The lowest BCUT2D eigenvalue weighted by atomic mass is 9.99. The molecule has 0 saturated carbocycles. The minimum atomic E-state index is -4.27. The third-order valence-electron chi connectivity index (χ3n) is 2.95. The minimum absolute atomic E-state index is 0. The first-order valence-corrected chi connectivity index (χ1v) is 5.79. The largest absolute Gasteiger partial charge is 0.408 e. The van der Waals surface area contributed by atoms with Crippen LogP contribution in [0.5, 0.6) is 0 Å². The zero-order valence-electron chi connectivity index (χ0n) is 10.8. The number of nitrogens with two attached hydrogens (primary N) is 1. The first kappa shape index (κ1) is 16.5. The number of hydrogen-bond acceptors (Lipinski definition) is 2. The van der Waals surface area contributed by atoms with Crippen molar-refractivity contribution in [3.63, 3.8) is 0 Å². The smallest absolute Gasteiger partial charge is 0.326 e. The molecule has 0 spiro atoms. The lowest BCUT2D eigenvalue weighted by molar-refractivity contribution is -0.142. The maximum atomic E-state index is 12.3. The molecule has 0 radical (unpaired) electrons. The number of halogens is 4. The van der Waals surface area contributed by atoms with E-state index >= 15 is 0 Å². The van der Waals surface area contributed by atoms with Gasteiger partial charge in [0.15, 0.2) is 0 Å². The van der Waals surface area contributed by atoms with Crippen molar-refractivity contribution in [1.29, 1.82) is 0 Å². The van der Waals surface area contributed by atoms with Crippen LogP contribution >= 0.6 is 12.4 Å². The van der Waals surface area contributed by atoms with Gasteiger partial charge in [-0.1, -0.05) is 18.2 Å². The Morgan fingerprint density at radius 1 is 1.30 bits per heavy atom. The second-order valence-corrected chi connectivity index (χ2v) is 4.34. The van der Waals surface area contributed by atoms with Gasteiger partial charge in [-0.15, -0.1) is 12.4 Å². The van der Waals surface area contributed by atoms with E-state index in [9.17, 15) is 13.2 Å². The van der Waals surface area contributed by atoms with Crippen LogP contribution in [0.2, 0.25) is 0 Å². The fourth-order valence-electron chi connectivity index (χ4n) is 1.99. The number of benzene rings is 1. The summed E-state index contributed by atoms with van der Waals surface area (Å²) in [5, 5.41) is 3.74. The molecule has 0 bridgehead atoms.